The molecule has 0 fully saturated rings. The number of rotatable bonds is 0. The highest BCUT2D eigenvalue weighted by Gasteiger charge is 1.99. The lowest BCUT2D eigenvalue weighted by molar-refractivity contribution is 0.212. The Labute approximate surface area is 44.0 Å². The van der Waals surface area contributed by atoms with E-state index in [0.717, 1.165) is 12.5 Å². The predicted octanol–water partition coefficient (Wildman–Crippen LogP) is 1.56. The van der Waals surface area contributed by atoms with Crippen LogP contribution in [0.2, 0.25) is 0 Å². The molecule has 1 heteroatoms. The van der Waals surface area contributed by atoms with Gasteiger partial charge in [0.2, 0.25) is 0 Å². The van der Waals surface area contributed by atoms with Crippen LogP contribution in [0.25, 0.3) is 0 Å². The zero-order valence-corrected chi connectivity index (χ0v) is 4.55. The van der Waals surface area contributed by atoms with Crippen LogP contribution in [0.15, 0.2) is 12.3 Å². The molecule has 1 unspecified atom stereocenters. The first kappa shape index (κ1) is 4.69. The molecule has 1 rings (SSSR count). The van der Waals surface area contributed by atoms with Crippen LogP contribution in [-0.4, -0.2) is 6.61 Å². The molecular formula is C6H10O. The van der Waals surface area contributed by atoms with E-state index in [-0.39, 0.29) is 0 Å². The van der Waals surface area contributed by atoms with E-state index in [1.54, 1.807) is 6.26 Å². The minimum atomic E-state index is 0.730. The minimum absolute atomic E-state index is 0.730. The highest BCUT2D eigenvalue weighted by Crippen LogP contribution is 2.08. The van der Waals surface area contributed by atoms with E-state index < -0.39 is 0 Å². The zero-order chi connectivity index (χ0) is 5.11. The summed E-state index contributed by atoms with van der Waals surface area (Å²) in [6, 6.07) is 0. The summed E-state index contributed by atoms with van der Waals surface area (Å²) in [4.78, 5) is 0. The summed E-state index contributed by atoms with van der Waals surface area (Å²) in [7, 11) is 0. The van der Waals surface area contributed by atoms with Gasteiger partial charge in [-0.05, 0) is 18.4 Å². The van der Waals surface area contributed by atoms with Crippen molar-refractivity contribution < 1.29 is 4.74 Å². The lowest BCUT2D eigenvalue weighted by atomic mass is 10.1. The topological polar surface area (TPSA) is 9.23 Å². The molecule has 0 aromatic rings. The molecule has 1 heterocycles. The Hall–Kier alpha value is -0.460. The molecule has 0 saturated carbocycles. The van der Waals surface area contributed by atoms with Crippen molar-refractivity contribution in [2.24, 2.45) is 5.92 Å². The van der Waals surface area contributed by atoms with Crippen molar-refractivity contribution in [3.63, 3.8) is 0 Å². The van der Waals surface area contributed by atoms with Crippen molar-refractivity contribution >= 4 is 0 Å². The second-order valence-corrected chi connectivity index (χ2v) is 1.97. The Kier molecular flexibility index (Phi) is 1.35. The summed E-state index contributed by atoms with van der Waals surface area (Å²) in [5.74, 6) is 0.730. The highest BCUT2D eigenvalue weighted by atomic mass is 16.5. The molecule has 40 valence electrons. The average Bonchev–Trinajstić information content (AvgIpc) is 1.69. The molecule has 1 nitrogen and oxygen atoms in total. The van der Waals surface area contributed by atoms with E-state index in [0.29, 0.717) is 0 Å². The third-order valence-electron chi connectivity index (χ3n) is 1.19. The fraction of sp³-hybridized carbons (Fsp3) is 0.667. The Balaban J connectivity index is 2.36. The first-order valence-electron chi connectivity index (χ1n) is 2.68. The van der Waals surface area contributed by atoms with Crippen LogP contribution in [-0.2, 0) is 4.74 Å². The zero-order valence-electron chi connectivity index (χ0n) is 4.55. The quantitative estimate of drug-likeness (QED) is 0.446. The van der Waals surface area contributed by atoms with Crippen molar-refractivity contribution in [3.05, 3.63) is 12.3 Å². The molecule has 0 aromatic heterocycles. The van der Waals surface area contributed by atoms with Crippen molar-refractivity contribution in [2.45, 2.75) is 13.3 Å². The van der Waals surface area contributed by atoms with E-state index in [1.807, 2.05) is 0 Å². The van der Waals surface area contributed by atoms with Gasteiger partial charge >= 0.3 is 0 Å². The van der Waals surface area contributed by atoms with Crippen molar-refractivity contribution in [2.75, 3.05) is 6.61 Å². The van der Waals surface area contributed by atoms with E-state index in [2.05, 4.69) is 13.0 Å². The summed E-state index contributed by atoms with van der Waals surface area (Å²) >= 11 is 0. The first-order chi connectivity index (χ1) is 3.39. The van der Waals surface area contributed by atoms with Gasteiger partial charge in [-0.3, -0.25) is 0 Å². The highest BCUT2D eigenvalue weighted by molar-refractivity contribution is 4.83. The van der Waals surface area contributed by atoms with Gasteiger partial charge in [0, 0.05) is 0 Å². The van der Waals surface area contributed by atoms with Crippen LogP contribution in [0.1, 0.15) is 13.3 Å². The van der Waals surface area contributed by atoms with Gasteiger partial charge in [0.1, 0.15) is 0 Å². The third-order valence-corrected chi connectivity index (χ3v) is 1.19. The summed E-state index contributed by atoms with van der Waals surface area (Å²) in [5.41, 5.74) is 0. The second kappa shape index (κ2) is 2.01. The molecular weight excluding hydrogens is 88.1 g/mol. The summed E-state index contributed by atoms with van der Waals surface area (Å²) in [6.07, 6.45) is 5.05. The maximum Gasteiger partial charge on any atom is 0.0878 e. The largest absolute Gasteiger partial charge is 0.502 e. The smallest absolute Gasteiger partial charge is 0.0878 e. The number of hydrogen-bond donors (Lipinski definition) is 0. The molecule has 1 aliphatic heterocycles. The summed E-state index contributed by atoms with van der Waals surface area (Å²) in [6.45, 7) is 3.09. The van der Waals surface area contributed by atoms with Gasteiger partial charge in [-0.1, -0.05) is 6.92 Å². The molecule has 0 N–H and O–H groups in total. The van der Waals surface area contributed by atoms with Crippen molar-refractivity contribution in [1.29, 1.82) is 0 Å². The molecule has 0 saturated heterocycles. The lowest BCUT2D eigenvalue weighted by Gasteiger charge is -2.10. The number of hydrogen-bond acceptors (Lipinski definition) is 1. The summed E-state index contributed by atoms with van der Waals surface area (Å²) in [5, 5.41) is 0. The molecule has 0 aliphatic carbocycles. The molecule has 0 bridgehead atoms. The maximum absolute atomic E-state index is 4.96. The average molecular weight is 98.1 g/mol. The Morgan fingerprint density at radius 2 is 2.57 bits per heavy atom. The Morgan fingerprint density at radius 3 is 2.86 bits per heavy atom. The van der Waals surface area contributed by atoms with Crippen LogP contribution in [0.3, 0.4) is 0 Å². The molecule has 0 spiro atoms. The van der Waals surface area contributed by atoms with E-state index in [1.165, 1.54) is 6.42 Å². The van der Waals surface area contributed by atoms with Crippen molar-refractivity contribution in [3.8, 4) is 0 Å². The van der Waals surface area contributed by atoms with Crippen LogP contribution < -0.4 is 0 Å². The van der Waals surface area contributed by atoms with Crippen LogP contribution in [0.4, 0.5) is 0 Å². The van der Waals surface area contributed by atoms with Crippen LogP contribution in [0.5, 0.6) is 0 Å². The fourth-order valence-corrected chi connectivity index (χ4v) is 0.608. The van der Waals surface area contributed by atoms with E-state index in [4.69, 9.17) is 4.74 Å². The SMILES string of the molecule is CC1C=COCC1. The fourth-order valence-electron chi connectivity index (χ4n) is 0.608. The minimum Gasteiger partial charge on any atom is -0.502 e. The number of allylic oxidation sites excluding steroid dienone is 1. The predicted molar refractivity (Wildman–Crippen MR) is 28.9 cm³/mol. The van der Waals surface area contributed by atoms with Crippen molar-refractivity contribution in [1.82, 2.24) is 0 Å². The maximum atomic E-state index is 4.96. The molecule has 1 aliphatic rings. The standard InChI is InChI=1S/C6H10O/c1-6-2-4-7-5-3-6/h2,4,6H,3,5H2,1H3. The normalized spacial score (nSPS) is 29.6. The van der Waals surface area contributed by atoms with Gasteiger partial charge in [0.15, 0.2) is 0 Å². The van der Waals surface area contributed by atoms with Gasteiger partial charge < -0.3 is 4.74 Å². The van der Waals surface area contributed by atoms with Gasteiger partial charge in [0.25, 0.3) is 0 Å². The Morgan fingerprint density at radius 1 is 1.71 bits per heavy atom. The second-order valence-electron chi connectivity index (χ2n) is 1.97. The van der Waals surface area contributed by atoms with Gasteiger partial charge in [0.05, 0.1) is 12.9 Å². The molecule has 0 aromatic carbocycles. The molecule has 0 radical (unpaired) electrons. The van der Waals surface area contributed by atoms with Gasteiger partial charge in [-0.2, -0.15) is 0 Å². The Bertz CT molecular complexity index is 76.2. The van der Waals surface area contributed by atoms with Gasteiger partial charge in [-0.15, -0.1) is 0 Å². The summed E-state index contributed by atoms with van der Waals surface area (Å²) < 4.78 is 4.96. The lowest BCUT2D eigenvalue weighted by Crippen LogP contribution is -2.01. The molecule has 1 atom stereocenters. The third kappa shape index (κ3) is 1.22. The van der Waals surface area contributed by atoms with E-state index in [9.17, 15) is 0 Å². The van der Waals surface area contributed by atoms with E-state index >= 15 is 0 Å². The molecule has 7 heavy (non-hydrogen) atoms. The van der Waals surface area contributed by atoms with Crippen LogP contribution in [0, 0.1) is 5.92 Å². The van der Waals surface area contributed by atoms with Gasteiger partial charge in [-0.25, -0.2) is 0 Å². The van der Waals surface area contributed by atoms with Crippen LogP contribution >= 0.6 is 0 Å². The monoisotopic (exact) mass is 98.1 g/mol. The first-order valence-corrected chi connectivity index (χ1v) is 2.68. The molecule has 0 amide bonds. The number of ether oxygens (including phenoxy) is 1.